The first kappa shape index (κ1) is 11.5. The predicted molar refractivity (Wildman–Crippen MR) is 64.0 cm³/mol. The number of hydrogen-bond donors (Lipinski definition) is 3. The summed E-state index contributed by atoms with van der Waals surface area (Å²) in [4.78, 5) is 4.19. The van der Waals surface area contributed by atoms with Crippen molar-refractivity contribution in [2.75, 3.05) is 32.5 Å². The van der Waals surface area contributed by atoms with E-state index in [1.807, 2.05) is 26.2 Å². The van der Waals surface area contributed by atoms with Crippen LogP contribution in [0.5, 0.6) is 5.75 Å². The van der Waals surface area contributed by atoms with Gasteiger partial charge in [0.15, 0.2) is 0 Å². The molecular formula is C11H17N3O. The van der Waals surface area contributed by atoms with E-state index in [1.165, 1.54) is 0 Å². The SMILES string of the molecule is CNCCN=Cc1cc(NC)ccc1O. The molecule has 3 N–H and O–H groups in total. The zero-order chi connectivity index (χ0) is 11.1. The van der Waals surface area contributed by atoms with Crippen molar-refractivity contribution in [2.45, 2.75) is 0 Å². The largest absolute Gasteiger partial charge is 0.507 e. The highest BCUT2D eigenvalue weighted by Crippen LogP contribution is 2.19. The molecule has 82 valence electrons. The predicted octanol–water partition coefficient (Wildman–Crippen LogP) is 1.07. The van der Waals surface area contributed by atoms with Gasteiger partial charge >= 0.3 is 0 Å². The molecule has 0 aliphatic carbocycles. The maximum Gasteiger partial charge on any atom is 0.124 e. The van der Waals surface area contributed by atoms with Gasteiger partial charge in [-0.15, -0.1) is 0 Å². The first-order valence-corrected chi connectivity index (χ1v) is 4.93. The number of phenols is 1. The molecule has 15 heavy (non-hydrogen) atoms. The van der Waals surface area contributed by atoms with Gasteiger partial charge in [-0.25, -0.2) is 0 Å². The number of aromatic hydroxyl groups is 1. The fraction of sp³-hybridized carbons (Fsp3) is 0.364. The van der Waals surface area contributed by atoms with Crippen molar-refractivity contribution >= 4 is 11.9 Å². The molecule has 0 unspecified atom stereocenters. The molecule has 4 nitrogen and oxygen atoms in total. The molecule has 0 aromatic heterocycles. The Bertz CT molecular complexity index is 337. The van der Waals surface area contributed by atoms with Crippen molar-refractivity contribution < 1.29 is 5.11 Å². The highest BCUT2D eigenvalue weighted by atomic mass is 16.3. The smallest absolute Gasteiger partial charge is 0.124 e. The molecule has 0 radical (unpaired) electrons. The second kappa shape index (κ2) is 6.03. The van der Waals surface area contributed by atoms with Gasteiger partial charge in [-0.1, -0.05) is 0 Å². The van der Waals surface area contributed by atoms with Gasteiger partial charge in [-0.05, 0) is 25.2 Å². The zero-order valence-corrected chi connectivity index (χ0v) is 9.12. The van der Waals surface area contributed by atoms with Gasteiger partial charge in [-0.2, -0.15) is 0 Å². The number of benzene rings is 1. The van der Waals surface area contributed by atoms with Crippen molar-refractivity contribution in [3.8, 4) is 5.75 Å². The Morgan fingerprint density at radius 2 is 2.20 bits per heavy atom. The molecule has 4 heteroatoms. The molecule has 0 saturated heterocycles. The number of likely N-dealkylation sites (N-methyl/N-ethyl adjacent to an activating group) is 1. The minimum absolute atomic E-state index is 0.252. The van der Waals surface area contributed by atoms with Crippen LogP contribution in [0.15, 0.2) is 23.2 Å². The van der Waals surface area contributed by atoms with Crippen molar-refractivity contribution in [3.63, 3.8) is 0 Å². The number of rotatable bonds is 5. The van der Waals surface area contributed by atoms with Crippen LogP contribution in [0.4, 0.5) is 5.69 Å². The summed E-state index contributed by atoms with van der Waals surface area (Å²) in [5, 5.41) is 15.6. The molecule has 0 bridgehead atoms. The highest BCUT2D eigenvalue weighted by Gasteiger charge is 1.98. The topological polar surface area (TPSA) is 56.7 Å². The van der Waals surface area contributed by atoms with Gasteiger partial charge in [0.2, 0.25) is 0 Å². The minimum Gasteiger partial charge on any atom is -0.507 e. The molecule has 0 atom stereocenters. The number of nitrogens with one attached hydrogen (secondary N) is 2. The normalized spacial score (nSPS) is 10.8. The Morgan fingerprint density at radius 3 is 2.87 bits per heavy atom. The fourth-order valence-corrected chi connectivity index (χ4v) is 1.15. The monoisotopic (exact) mass is 207 g/mol. The third kappa shape index (κ3) is 3.59. The Balaban J connectivity index is 2.70. The van der Waals surface area contributed by atoms with Crippen molar-refractivity contribution in [1.29, 1.82) is 0 Å². The standard InChI is InChI=1S/C11H17N3O/c1-12-5-6-14-8-9-7-10(13-2)3-4-11(9)15/h3-4,7-8,12-13,15H,5-6H2,1-2H3. The minimum atomic E-state index is 0.252. The number of hydrogen-bond acceptors (Lipinski definition) is 4. The van der Waals surface area contributed by atoms with Gasteiger partial charge in [0, 0.05) is 31.1 Å². The molecule has 0 fully saturated rings. The summed E-state index contributed by atoms with van der Waals surface area (Å²) < 4.78 is 0. The lowest BCUT2D eigenvalue weighted by Crippen LogP contribution is -2.10. The second-order valence-corrected chi connectivity index (χ2v) is 3.16. The van der Waals surface area contributed by atoms with E-state index in [-0.39, 0.29) is 5.75 Å². The van der Waals surface area contributed by atoms with Crippen LogP contribution in [0.2, 0.25) is 0 Å². The summed E-state index contributed by atoms with van der Waals surface area (Å²) in [5.74, 6) is 0.252. The highest BCUT2D eigenvalue weighted by molar-refractivity contribution is 5.85. The van der Waals surface area contributed by atoms with Crippen LogP contribution in [-0.4, -0.2) is 38.5 Å². The number of aliphatic imine (C=N–C) groups is 1. The van der Waals surface area contributed by atoms with E-state index in [1.54, 1.807) is 12.3 Å². The molecule has 0 amide bonds. The van der Waals surface area contributed by atoms with Crippen molar-refractivity contribution in [3.05, 3.63) is 23.8 Å². The first-order valence-electron chi connectivity index (χ1n) is 4.93. The average molecular weight is 207 g/mol. The summed E-state index contributed by atoms with van der Waals surface area (Å²) in [6.07, 6.45) is 1.69. The average Bonchev–Trinajstić information content (AvgIpc) is 2.26. The number of nitrogens with zero attached hydrogens (tertiary/aromatic N) is 1. The summed E-state index contributed by atoms with van der Waals surface area (Å²) >= 11 is 0. The van der Waals surface area contributed by atoms with E-state index >= 15 is 0 Å². The van der Waals surface area contributed by atoms with E-state index in [0.717, 1.165) is 17.8 Å². The van der Waals surface area contributed by atoms with Gasteiger partial charge in [0.05, 0.1) is 6.54 Å². The number of anilines is 1. The number of phenolic OH excluding ortho intramolecular Hbond substituents is 1. The van der Waals surface area contributed by atoms with E-state index in [9.17, 15) is 5.11 Å². The maximum atomic E-state index is 9.55. The van der Waals surface area contributed by atoms with Crippen LogP contribution in [0.3, 0.4) is 0 Å². The van der Waals surface area contributed by atoms with Gasteiger partial charge in [-0.3, -0.25) is 4.99 Å². The molecule has 1 aromatic rings. The lowest BCUT2D eigenvalue weighted by atomic mass is 10.2. The lowest BCUT2D eigenvalue weighted by Gasteiger charge is -2.03. The third-order valence-electron chi connectivity index (χ3n) is 2.04. The summed E-state index contributed by atoms with van der Waals surface area (Å²) in [6.45, 7) is 1.54. The van der Waals surface area contributed by atoms with Crippen molar-refractivity contribution in [2.24, 2.45) is 4.99 Å². The van der Waals surface area contributed by atoms with Crippen molar-refractivity contribution in [1.82, 2.24) is 5.32 Å². The van der Waals surface area contributed by atoms with Crippen LogP contribution in [0.25, 0.3) is 0 Å². The first-order chi connectivity index (χ1) is 7.27. The van der Waals surface area contributed by atoms with Crippen LogP contribution in [-0.2, 0) is 0 Å². The summed E-state index contributed by atoms with van der Waals surface area (Å²) in [6, 6.07) is 5.34. The molecule has 0 heterocycles. The molecule has 0 aliphatic heterocycles. The van der Waals surface area contributed by atoms with E-state index in [4.69, 9.17) is 0 Å². The molecule has 0 saturated carbocycles. The van der Waals surface area contributed by atoms with Crippen LogP contribution in [0.1, 0.15) is 5.56 Å². The summed E-state index contributed by atoms with van der Waals surface area (Å²) in [7, 11) is 3.73. The van der Waals surface area contributed by atoms with Gasteiger partial charge < -0.3 is 15.7 Å². The Morgan fingerprint density at radius 1 is 1.40 bits per heavy atom. The second-order valence-electron chi connectivity index (χ2n) is 3.16. The Kier molecular flexibility index (Phi) is 4.63. The molecule has 1 rings (SSSR count). The fourth-order valence-electron chi connectivity index (χ4n) is 1.15. The summed E-state index contributed by atoms with van der Waals surface area (Å²) in [5.41, 5.74) is 1.70. The van der Waals surface area contributed by atoms with E-state index < -0.39 is 0 Å². The van der Waals surface area contributed by atoms with Crippen LogP contribution in [0, 0.1) is 0 Å². The van der Waals surface area contributed by atoms with Crippen LogP contribution < -0.4 is 10.6 Å². The molecule has 0 aliphatic rings. The van der Waals surface area contributed by atoms with Gasteiger partial charge in [0.1, 0.15) is 5.75 Å². The maximum absolute atomic E-state index is 9.55. The quantitative estimate of drug-likeness (QED) is 0.384. The molecular weight excluding hydrogens is 190 g/mol. The van der Waals surface area contributed by atoms with E-state index in [2.05, 4.69) is 15.6 Å². The van der Waals surface area contributed by atoms with E-state index in [0.29, 0.717) is 6.54 Å². The van der Waals surface area contributed by atoms with Gasteiger partial charge in [0.25, 0.3) is 0 Å². The zero-order valence-electron chi connectivity index (χ0n) is 9.12. The molecule has 0 spiro atoms. The lowest BCUT2D eigenvalue weighted by molar-refractivity contribution is 0.474. The third-order valence-corrected chi connectivity index (χ3v) is 2.04. The Hall–Kier alpha value is -1.55. The molecule has 1 aromatic carbocycles. The van der Waals surface area contributed by atoms with Crippen LogP contribution >= 0.6 is 0 Å². The Labute approximate surface area is 90.0 Å².